The van der Waals surface area contributed by atoms with E-state index in [9.17, 15) is 4.39 Å². The van der Waals surface area contributed by atoms with E-state index in [1.165, 1.54) is 0 Å². The summed E-state index contributed by atoms with van der Waals surface area (Å²) in [6, 6.07) is 0. The van der Waals surface area contributed by atoms with Crippen molar-refractivity contribution in [1.82, 2.24) is 4.90 Å². The van der Waals surface area contributed by atoms with Gasteiger partial charge in [-0.05, 0) is 33.9 Å². The molecular weight excluding hydrogens is 129 g/mol. The van der Waals surface area contributed by atoms with Crippen LogP contribution in [0.1, 0.15) is 20.3 Å². The minimum atomic E-state index is -0.981. The lowest BCUT2D eigenvalue weighted by Gasteiger charge is -2.21. The molecule has 10 heavy (non-hydrogen) atoms. The van der Waals surface area contributed by atoms with Crippen LogP contribution in [0.3, 0.4) is 0 Å². The first kappa shape index (κ1) is 7.99. The van der Waals surface area contributed by atoms with E-state index in [4.69, 9.17) is 0 Å². The van der Waals surface area contributed by atoms with E-state index in [1.807, 2.05) is 7.05 Å². The van der Waals surface area contributed by atoms with Gasteiger partial charge in [-0.1, -0.05) is 0 Å². The SMILES string of the molecule is CN1CC[C@@H](C(C)(C)F)C1. The number of hydrogen-bond acceptors (Lipinski definition) is 1. The molecule has 0 aromatic heterocycles. The monoisotopic (exact) mass is 145 g/mol. The molecule has 0 spiro atoms. The molecule has 1 aliphatic heterocycles. The highest BCUT2D eigenvalue weighted by Crippen LogP contribution is 2.29. The van der Waals surface area contributed by atoms with Gasteiger partial charge < -0.3 is 4.90 Å². The number of rotatable bonds is 1. The summed E-state index contributed by atoms with van der Waals surface area (Å²) in [5, 5.41) is 0. The Balaban J connectivity index is 2.45. The lowest BCUT2D eigenvalue weighted by atomic mass is 9.92. The van der Waals surface area contributed by atoms with E-state index >= 15 is 0 Å². The van der Waals surface area contributed by atoms with E-state index in [0.717, 1.165) is 19.5 Å². The van der Waals surface area contributed by atoms with Crippen molar-refractivity contribution in [3.63, 3.8) is 0 Å². The second-order valence-corrected chi connectivity index (χ2v) is 3.81. The summed E-state index contributed by atoms with van der Waals surface area (Å²) in [7, 11) is 2.05. The quantitative estimate of drug-likeness (QED) is 0.542. The number of halogens is 1. The molecule has 1 rings (SSSR count). The molecule has 1 atom stereocenters. The molecule has 1 saturated heterocycles. The highest BCUT2D eigenvalue weighted by molar-refractivity contribution is 4.85. The van der Waals surface area contributed by atoms with Crippen LogP contribution in [0.25, 0.3) is 0 Å². The first-order valence-corrected chi connectivity index (χ1v) is 3.87. The molecular formula is C8H16FN. The Morgan fingerprint density at radius 1 is 1.50 bits per heavy atom. The number of likely N-dealkylation sites (tertiary alicyclic amines) is 1. The maximum absolute atomic E-state index is 13.2. The lowest BCUT2D eigenvalue weighted by Crippen LogP contribution is -2.28. The summed E-state index contributed by atoms with van der Waals surface area (Å²) < 4.78 is 13.2. The normalized spacial score (nSPS) is 29.4. The molecule has 0 amide bonds. The fraction of sp³-hybridized carbons (Fsp3) is 1.00. The highest BCUT2D eigenvalue weighted by atomic mass is 19.1. The summed E-state index contributed by atoms with van der Waals surface area (Å²) in [5.41, 5.74) is -0.981. The molecule has 0 N–H and O–H groups in total. The first-order valence-electron chi connectivity index (χ1n) is 3.87. The molecule has 0 aliphatic carbocycles. The Labute approximate surface area is 62.2 Å². The predicted molar refractivity (Wildman–Crippen MR) is 40.8 cm³/mol. The van der Waals surface area contributed by atoms with Crippen LogP contribution in [0.15, 0.2) is 0 Å². The topological polar surface area (TPSA) is 3.24 Å². The molecule has 1 aliphatic rings. The van der Waals surface area contributed by atoms with Crippen LogP contribution in [-0.2, 0) is 0 Å². The van der Waals surface area contributed by atoms with E-state index < -0.39 is 5.67 Å². The Morgan fingerprint density at radius 2 is 2.10 bits per heavy atom. The lowest BCUT2D eigenvalue weighted by molar-refractivity contribution is 0.129. The minimum Gasteiger partial charge on any atom is -0.306 e. The largest absolute Gasteiger partial charge is 0.306 e. The average molecular weight is 145 g/mol. The Morgan fingerprint density at radius 3 is 2.30 bits per heavy atom. The van der Waals surface area contributed by atoms with Crippen molar-refractivity contribution in [2.24, 2.45) is 5.92 Å². The van der Waals surface area contributed by atoms with Crippen molar-refractivity contribution < 1.29 is 4.39 Å². The van der Waals surface area contributed by atoms with Gasteiger partial charge in [0, 0.05) is 12.5 Å². The molecule has 0 aromatic carbocycles. The van der Waals surface area contributed by atoms with Gasteiger partial charge in [0.1, 0.15) is 5.67 Å². The van der Waals surface area contributed by atoms with Crippen molar-refractivity contribution >= 4 is 0 Å². The van der Waals surface area contributed by atoms with Crippen molar-refractivity contribution in [3.05, 3.63) is 0 Å². The Hall–Kier alpha value is -0.110. The Bertz CT molecular complexity index is 117. The molecule has 0 saturated carbocycles. The Kier molecular flexibility index (Phi) is 1.99. The molecule has 1 fully saturated rings. The van der Waals surface area contributed by atoms with Gasteiger partial charge in [0.15, 0.2) is 0 Å². The molecule has 0 unspecified atom stereocenters. The van der Waals surface area contributed by atoms with Crippen molar-refractivity contribution in [2.45, 2.75) is 25.9 Å². The second kappa shape index (κ2) is 2.50. The van der Waals surface area contributed by atoms with Crippen LogP contribution in [0.4, 0.5) is 4.39 Å². The van der Waals surface area contributed by atoms with Gasteiger partial charge in [-0.25, -0.2) is 4.39 Å². The third-order valence-electron chi connectivity index (χ3n) is 2.36. The molecule has 1 heterocycles. The van der Waals surface area contributed by atoms with Gasteiger partial charge >= 0.3 is 0 Å². The van der Waals surface area contributed by atoms with Gasteiger partial charge in [0.25, 0.3) is 0 Å². The third kappa shape index (κ3) is 1.69. The summed E-state index contributed by atoms with van der Waals surface area (Å²) in [4.78, 5) is 2.19. The fourth-order valence-electron chi connectivity index (χ4n) is 1.50. The molecule has 1 nitrogen and oxygen atoms in total. The van der Waals surface area contributed by atoms with Gasteiger partial charge in [-0.3, -0.25) is 0 Å². The van der Waals surface area contributed by atoms with Gasteiger partial charge in [-0.2, -0.15) is 0 Å². The smallest absolute Gasteiger partial charge is 0.109 e. The zero-order valence-corrected chi connectivity index (χ0v) is 7.02. The standard InChI is InChI=1S/C8H16FN/c1-8(2,9)7-4-5-10(3)6-7/h7H,4-6H2,1-3H3/t7-/m1/s1. The maximum Gasteiger partial charge on any atom is 0.109 e. The predicted octanol–water partition coefficient (Wildman–Crippen LogP) is 1.69. The molecule has 0 aromatic rings. The third-order valence-corrected chi connectivity index (χ3v) is 2.36. The summed E-state index contributed by atoms with van der Waals surface area (Å²) in [6.45, 7) is 5.33. The minimum absolute atomic E-state index is 0.248. The summed E-state index contributed by atoms with van der Waals surface area (Å²) in [6.07, 6.45) is 1.01. The fourth-order valence-corrected chi connectivity index (χ4v) is 1.50. The van der Waals surface area contributed by atoms with Crippen LogP contribution in [0, 0.1) is 5.92 Å². The molecule has 0 radical (unpaired) electrons. The number of nitrogens with zero attached hydrogens (tertiary/aromatic N) is 1. The van der Waals surface area contributed by atoms with Gasteiger partial charge in [0.05, 0.1) is 0 Å². The summed E-state index contributed by atoms with van der Waals surface area (Å²) in [5.74, 6) is 0.248. The summed E-state index contributed by atoms with van der Waals surface area (Å²) >= 11 is 0. The number of hydrogen-bond donors (Lipinski definition) is 0. The molecule has 60 valence electrons. The van der Waals surface area contributed by atoms with Crippen LogP contribution in [0.5, 0.6) is 0 Å². The van der Waals surface area contributed by atoms with Crippen molar-refractivity contribution in [3.8, 4) is 0 Å². The average Bonchev–Trinajstić information content (AvgIpc) is 2.11. The van der Waals surface area contributed by atoms with Crippen LogP contribution in [-0.4, -0.2) is 30.7 Å². The van der Waals surface area contributed by atoms with E-state index in [1.54, 1.807) is 13.8 Å². The second-order valence-electron chi connectivity index (χ2n) is 3.81. The maximum atomic E-state index is 13.2. The number of alkyl halides is 1. The molecule has 2 heteroatoms. The first-order chi connectivity index (χ1) is 4.50. The van der Waals surface area contributed by atoms with Crippen molar-refractivity contribution in [1.29, 1.82) is 0 Å². The zero-order chi connectivity index (χ0) is 7.78. The molecule has 0 bridgehead atoms. The highest BCUT2D eigenvalue weighted by Gasteiger charge is 2.33. The zero-order valence-electron chi connectivity index (χ0n) is 7.02. The van der Waals surface area contributed by atoms with E-state index in [-0.39, 0.29) is 5.92 Å². The van der Waals surface area contributed by atoms with Gasteiger partial charge in [0.2, 0.25) is 0 Å². The van der Waals surface area contributed by atoms with Crippen molar-refractivity contribution in [2.75, 3.05) is 20.1 Å². The van der Waals surface area contributed by atoms with E-state index in [0.29, 0.717) is 0 Å². The van der Waals surface area contributed by atoms with Crippen LogP contribution in [0.2, 0.25) is 0 Å². The van der Waals surface area contributed by atoms with Crippen LogP contribution < -0.4 is 0 Å². The van der Waals surface area contributed by atoms with E-state index in [2.05, 4.69) is 4.90 Å². The van der Waals surface area contributed by atoms with Crippen LogP contribution >= 0.6 is 0 Å². The van der Waals surface area contributed by atoms with Gasteiger partial charge in [-0.15, -0.1) is 0 Å².